The van der Waals surface area contributed by atoms with E-state index < -0.39 is 0 Å². The minimum Gasteiger partial charge on any atom is -0.325 e. The summed E-state index contributed by atoms with van der Waals surface area (Å²) in [6.45, 7) is 5.94. The number of fused-ring (bicyclic) bond motifs is 2. The molecule has 15 heavy (non-hydrogen) atoms. The van der Waals surface area contributed by atoms with Crippen LogP contribution in [-0.4, -0.2) is 5.91 Å². The number of para-hydroxylation sites is 1. The largest absolute Gasteiger partial charge is 0.325 e. The number of hydrogen-bond donors (Lipinski definition) is 1. The van der Waals surface area contributed by atoms with Crippen LogP contribution in [0.2, 0.25) is 0 Å². The van der Waals surface area contributed by atoms with Gasteiger partial charge >= 0.3 is 0 Å². The van der Waals surface area contributed by atoms with Crippen LogP contribution in [0, 0.1) is 5.41 Å². The molecule has 1 fully saturated rings. The molecule has 2 aliphatic rings. The third-order valence-corrected chi connectivity index (χ3v) is 3.96. The number of anilines is 1. The lowest BCUT2D eigenvalue weighted by Crippen LogP contribution is -2.24. The van der Waals surface area contributed by atoms with Crippen molar-refractivity contribution in [2.24, 2.45) is 5.41 Å². The Kier molecular flexibility index (Phi) is 1.35. The number of hydrogen-bond acceptors (Lipinski definition) is 1. The van der Waals surface area contributed by atoms with Crippen molar-refractivity contribution < 1.29 is 4.79 Å². The van der Waals surface area contributed by atoms with Gasteiger partial charge in [-0.15, -0.1) is 6.58 Å². The molecule has 2 heteroatoms. The maximum absolute atomic E-state index is 12.0. The highest BCUT2D eigenvalue weighted by Gasteiger charge is 2.71. The van der Waals surface area contributed by atoms with Gasteiger partial charge in [0.05, 0.1) is 5.41 Å². The Morgan fingerprint density at radius 1 is 1.47 bits per heavy atom. The first kappa shape index (κ1) is 8.72. The summed E-state index contributed by atoms with van der Waals surface area (Å²) in [5, 5.41) is 2.95. The first-order valence-electron chi connectivity index (χ1n) is 5.19. The van der Waals surface area contributed by atoms with Crippen LogP contribution in [0.25, 0.3) is 0 Å². The molecular formula is C13H13NO. The molecule has 1 N–H and O–H groups in total. The minimum atomic E-state index is -0.328. The molecule has 1 spiro atoms. The van der Waals surface area contributed by atoms with Gasteiger partial charge in [0.1, 0.15) is 0 Å². The van der Waals surface area contributed by atoms with E-state index in [-0.39, 0.29) is 16.7 Å². The van der Waals surface area contributed by atoms with E-state index in [1.807, 2.05) is 30.3 Å². The number of allylic oxidation sites excluding steroid dienone is 1. The van der Waals surface area contributed by atoms with Crippen molar-refractivity contribution in [1.82, 2.24) is 0 Å². The van der Waals surface area contributed by atoms with E-state index >= 15 is 0 Å². The molecule has 1 saturated carbocycles. The fraction of sp³-hybridized carbons (Fsp3) is 0.308. The third kappa shape index (κ3) is 0.788. The molecule has 0 bridgehead atoms. The fourth-order valence-corrected chi connectivity index (χ4v) is 2.81. The Morgan fingerprint density at radius 2 is 2.20 bits per heavy atom. The average Bonchev–Trinajstić information content (AvgIpc) is 2.78. The summed E-state index contributed by atoms with van der Waals surface area (Å²) in [4.78, 5) is 12.0. The quantitative estimate of drug-likeness (QED) is 0.692. The van der Waals surface area contributed by atoms with E-state index in [1.165, 1.54) is 0 Å². The van der Waals surface area contributed by atoms with Crippen molar-refractivity contribution in [2.75, 3.05) is 5.32 Å². The van der Waals surface area contributed by atoms with Crippen LogP contribution in [0.1, 0.15) is 18.9 Å². The number of nitrogens with one attached hydrogen (secondary N) is 1. The van der Waals surface area contributed by atoms with Crippen LogP contribution < -0.4 is 5.32 Å². The van der Waals surface area contributed by atoms with E-state index in [0.29, 0.717) is 0 Å². The van der Waals surface area contributed by atoms with Gasteiger partial charge in [0.25, 0.3) is 0 Å². The van der Waals surface area contributed by atoms with Gasteiger partial charge in [0.15, 0.2) is 0 Å². The van der Waals surface area contributed by atoms with Gasteiger partial charge in [-0.1, -0.05) is 31.2 Å². The highest BCUT2D eigenvalue weighted by atomic mass is 16.2. The maximum Gasteiger partial charge on any atom is 0.236 e. The average molecular weight is 199 g/mol. The molecule has 2 atom stereocenters. The summed E-state index contributed by atoms with van der Waals surface area (Å²) in [6.07, 6.45) is 2.79. The molecule has 1 aliphatic carbocycles. The number of amides is 1. The van der Waals surface area contributed by atoms with Crippen LogP contribution in [0.15, 0.2) is 36.9 Å². The monoisotopic (exact) mass is 199 g/mol. The van der Waals surface area contributed by atoms with Crippen LogP contribution in [-0.2, 0) is 10.2 Å². The molecule has 0 saturated heterocycles. The molecule has 1 heterocycles. The molecule has 0 radical (unpaired) electrons. The van der Waals surface area contributed by atoms with Crippen molar-refractivity contribution in [1.29, 1.82) is 0 Å². The van der Waals surface area contributed by atoms with Crippen LogP contribution in [0.5, 0.6) is 0 Å². The zero-order chi connectivity index (χ0) is 10.7. The highest BCUT2D eigenvalue weighted by Crippen LogP contribution is 2.68. The molecular weight excluding hydrogens is 186 g/mol. The van der Waals surface area contributed by atoms with Crippen molar-refractivity contribution in [3.8, 4) is 0 Å². The third-order valence-electron chi connectivity index (χ3n) is 3.96. The summed E-state index contributed by atoms with van der Waals surface area (Å²) in [5.41, 5.74) is 1.71. The summed E-state index contributed by atoms with van der Waals surface area (Å²) in [6, 6.07) is 7.94. The summed E-state index contributed by atoms with van der Waals surface area (Å²) >= 11 is 0. The van der Waals surface area contributed by atoms with Crippen LogP contribution in [0.4, 0.5) is 5.69 Å². The maximum atomic E-state index is 12.0. The summed E-state index contributed by atoms with van der Waals surface area (Å²) in [7, 11) is 0. The van der Waals surface area contributed by atoms with Gasteiger partial charge in [-0.2, -0.15) is 0 Å². The zero-order valence-corrected chi connectivity index (χ0v) is 8.71. The summed E-state index contributed by atoms with van der Waals surface area (Å²) in [5.74, 6) is 0.131. The topological polar surface area (TPSA) is 29.1 Å². The first-order valence-corrected chi connectivity index (χ1v) is 5.19. The molecule has 2 nitrogen and oxygen atoms in total. The van der Waals surface area contributed by atoms with E-state index in [1.54, 1.807) is 0 Å². The Bertz CT molecular complexity index is 479. The van der Waals surface area contributed by atoms with Gasteiger partial charge in [-0.25, -0.2) is 0 Å². The van der Waals surface area contributed by atoms with Crippen molar-refractivity contribution >= 4 is 11.6 Å². The molecule has 3 rings (SSSR count). The lowest BCUT2D eigenvalue weighted by molar-refractivity contribution is -0.118. The number of benzene rings is 1. The van der Waals surface area contributed by atoms with Crippen molar-refractivity contribution in [2.45, 2.75) is 18.8 Å². The normalized spacial score (nSPS) is 36.2. The molecule has 0 unspecified atom stereocenters. The highest BCUT2D eigenvalue weighted by molar-refractivity contribution is 6.09. The van der Waals surface area contributed by atoms with Crippen LogP contribution >= 0.6 is 0 Å². The van der Waals surface area contributed by atoms with Crippen molar-refractivity contribution in [3.05, 3.63) is 42.5 Å². The van der Waals surface area contributed by atoms with Gasteiger partial charge in [0.2, 0.25) is 5.91 Å². The second-order valence-corrected chi connectivity index (χ2v) is 4.70. The number of rotatable bonds is 1. The predicted molar refractivity (Wildman–Crippen MR) is 59.7 cm³/mol. The van der Waals surface area contributed by atoms with Gasteiger partial charge in [-0.3, -0.25) is 4.79 Å². The minimum absolute atomic E-state index is 0.0658. The molecule has 1 aromatic carbocycles. The van der Waals surface area contributed by atoms with E-state index in [0.717, 1.165) is 17.7 Å². The van der Waals surface area contributed by atoms with Crippen molar-refractivity contribution in [3.63, 3.8) is 0 Å². The Morgan fingerprint density at radius 3 is 2.87 bits per heavy atom. The number of carbonyl (C=O) groups is 1. The lowest BCUT2D eigenvalue weighted by Gasteiger charge is -2.12. The molecule has 0 aromatic heterocycles. The molecule has 1 aromatic rings. The van der Waals surface area contributed by atoms with E-state index in [9.17, 15) is 4.79 Å². The molecule has 1 amide bonds. The Hall–Kier alpha value is -1.57. The molecule has 76 valence electrons. The van der Waals surface area contributed by atoms with E-state index in [2.05, 4.69) is 18.8 Å². The predicted octanol–water partition coefficient (Wildman–Crippen LogP) is 2.47. The SMILES string of the molecule is C=C[C@]1(C)C[C@@]12C(=O)Nc1ccccc12. The molecule has 1 aliphatic heterocycles. The van der Waals surface area contributed by atoms with Gasteiger partial charge in [0, 0.05) is 11.1 Å². The Labute approximate surface area is 89.0 Å². The van der Waals surface area contributed by atoms with Gasteiger partial charge in [-0.05, 0) is 18.1 Å². The fourth-order valence-electron chi connectivity index (χ4n) is 2.81. The smallest absolute Gasteiger partial charge is 0.236 e. The Balaban J connectivity index is 2.21. The second-order valence-electron chi connectivity index (χ2n) is 4.70. The van der Waals surface area contributed by atoms with Gasteiger partial charge < -0.3 is 5.32 Å². The first-order chi connectivity index (χ1) is 7.14. The summed E-state index contributed by atoms with van der Waals surface area (Å²) < 4.78 is 0. The number of carbonyl (C=O) groups excluding carboxylic acids is 1. The van der Waals surface area contributed by atoms with Crippen LogP contribution in [0.3, 0.4) is 0 Å². The van der Waals surface area contributed by atoms with E-state index in [4.69, 9.17) is 0 Å². The lowest BCUT2D eigenvalue weighted by atomic mass is 9.88. The second kappa shape index (κ2) is 2.32. The standard InChI is InChI=1S/C13H13NO/c1-3-12(2)8-13(12)9-6-4-5-7-10(9)14-11(13)15/h3-7H,1,8H2,2H3,(H,14,15)/t12-,13-/m1/s1. The zero-order valence-electron chi connectivity index (χ0n) is 8.71.